The van der Waals surface area contributed by atoms with Gasteiger partial charge in [0.15, 0.2) is 0 Å². The second-order valence-corrected chi connectivity index (χ2v) is 4.19. The first kappa shape index (κ1) is 15.4. The second kappa shape index (κ2) is 7.07. The number of nitrogens with one attached hydrogen (secondary N) is 1. The fourth-order valence-corrected chi connectivity index (χ4v) is 1.46. The molecule has 0 bridgehead atoms. The molecule has 20 heavy (non-hydrogen) atoms. The maximum absolute atomic E-state index is 11.6. The Morgan fingerprint density at radius 1 is 1.55 bits per heavy atom. The van der Waals surface area contributed by atoms with Crippen LogP contribution in [0.25, 0.3) is 6.08 Å². The van der Waals surface area contributed by atoms with Crippen molar-refractivity contribution in [1.29, 1.82) is 0 Å². The number of hydrogen-bond donors (Lipinski definition) is 3. The number of primary amides is 1. The summed E-state index contributed by atoms with van der Waals surface area (Å²) in [6.07, 6.45) is 5.82. The van der Waals surface area contributed by atoms with Gasteiger partial charge in [0.2, 0.25) is 11.8 Å². The number of carboxylic acids is 1. The van der Waals surface area contributed by atoms with Crippen LogP contribution in [0.1, 0.15) is 18.4 Å². The Labute approximate surface area is 115 Å². The molecule has 0 saturated carbocycles. The molecule has 8 nitrogen and oxygen atoms in total. The van der Waals surface area contributed by atoms with Gasteiger partial charge in [-0.3, -0.25) is 14.3 Å². The Bertz CT molecular complexity index is 535. The van der Waals surface area contributed by atoms with Crippen LogP contribution < -0.4 is 11.1 Å². The van der Waals surface area contributed by atoms with Crippen LogP contribution in [0, 0.1) is 0 Å². The molecule has 1 aromatic heterocycles. The lowest BCUT2D eigenvalue weighted by atomic mass is 10.1. The summed E-state index contributed by atoms with van der Waals surface area (Å²) in [6, 6.07) is -1.14. The molecule has 108 valence electrons. The van der Waals surface area contributed by atoms with Crippen LogP contribution in [0.3, 0.4) is 0 Å². The number of aliphatic carboxylic acids is 1. The van der Waals surface area contributed by atoms with E-state index in [1.165, 1.54) is 12.2 Å². The average molecular weight is 280 g/mol. The molecule has 0 aliphatic carbocycles. The average Bonchev–Trinajstić information content (AvgIpc) is 2.77. The molecular formula is C12H16N4O4. The normalized spacial score (nSPS) is 12.2. The largest absolute Gasteiger partial charge is 0.480 e. The lowest BCUT2D eigenvalue weighted by Gasteiger charge is -2.11. The summed E-state index contributed by atoms with van der Waals surface area (Å²) >= 11 is 0. The van der Waals surface area contributed by atoms with Crippen molar-refractivity contribution in [3.05, 3.63) is 24.0 Å². The molecule has 1 atom stereocenters. The number of nitrogens with two attached hydrogens (primary N) is 1. The molecule has 0 aliphatic heterocycles. The zero-order valence-corrected chi connectivity index (χ0v) is 10.9. The van der Waals surface area contributed by atoms with Crippen molar-refractivity contribution in [3.8, 4) is 0 Å². The van der Waals surface area contributed by atoms with Crippen molar-refractivity contribution < 1.29 is 19.5 Å². The number of nitrogens with zero attached hydrogens (tertiary/aromatic N) is 2. The van der Waals surface area contributed by atoms with Crippen LogP contribution >= 0.6 is 0 Å². The molecular weight excluding hydrogens is 264 g/mol. The molecule has 0 spiro atoms. The van der Waals surface area contributed by atoms with Crippen molar-refractivity contribution in [2.45, 2.75) is 18.9 Å². The molecule has 8 heteroatoms. The maximum atomic E-state index is 11.6. The molecule has 0 radical (unpaired) electrons. The van der Waals surface area contributed by atoms with Gasteiger partial charge in [0.05, 0.1) is 6.20 Å². The maximum Gasteiger partial charge on any atom is 0.326 e. The van der Waals surface area contributed by atoms with Gasteiger partial charge in [0.1, 0.15) is 6.04 Å². The Morgan fingerprint density at radius 2 is 2.25 bits per heavy atom. The van der Waals surface area contributed by atoms with Gasteiger partial charge in [-0.25, -0.2) is 4.79 Å². The highest BCUT2D eigenvalue weighted by Crippen LogP contribution is 2.01. The van der Waals surface area contributed by atoms with E-state index in [-0.39, 0.29) is 12.8 Å². The van der Waals surface area contributed by atoms with Crippen molar-refractivity contribution in [2.24, 2.45) is 12.8 Å². The van der Waals surface area contributed by atoms with Crippen molar-refractivity contribution in [2.75, 3.05) is 0 Å². The smallest absolute Gasteiger partial charge is 0.326 e. The van der Waals surface area contributed by atoms with Crippen molar-refractivity contribution in [1.82, 2.24) is 15.1 Å². The molecule has 4 N–H and O–H groups in total. The molecule has 0 saturated heterocycles. The lowest BCUT2D eigenvalue weighted by molar-refractivity contribution is -0.141. The summed E-state index contributed by atoms with van der Waals surface area (Å²) in [5.74, 6) is -2.39. The van der Waals surface area contributed by atoms with E-state index >= 15 is 0 Å². The zero-order valence-electron chi connectivity index (χ0n) is 10.9. The third-order valence-electron chi connectivity index (χ3n) is 2.45. The number of aryl methyl sites for hydroxylation is 1. The van der Waals surface area contributed by atoms with Gasteiger partial charge in [-0.1, -0.05) is 0 Å². The van der Waals surface area contributed by atoms with E-state index in [1.54, 1.807) is 24.1 Å². The quantitative estimate of drug-likeness (QED) is 0.567. The fraction of sp³-hybridized carbons (Fsp3) is 0.333. The number of aromatic nitrogens is 2. The van der Waals surface area contributed by atoms with E-state index in [4.69, 9.17) is 10.8 Å². The van der Waals surface area contributed by atoms with E-state index in [1.807, 2.05) is 0 Å². The minimum absolute atomic E-state index is 0.0445. The highest BCUT2D eigenvalue weighted by molar-refractivity contribution is 5.94. The van der Waals surface area contributed by atoms with Gasteiger partial charge < -0.3 is 16.2 Å². The van der Waals surface area contributed by atoms with Crippen LogP contribution in [-0.2, 0) is 21.4 Å². The van der Waals surface area contributed by atoms with Crippen LogP contribution in [-0.4, -0.2) is 38.7 Å². The van der Waals surface area contributed by atoms with Crippen LogP contribution in [0.5, 0.6) is 0 Å². The van der Waals surface area contributed by atoms with Gasteiger partial charge in [-0.15, -0.1) is 0 Å². The molecule has 1 aromatic rings. The Morgan fingerprint density at radius 3 is 2.75 bits per heavy atom. The van der Waals surface area contributed by atoms with Crippen molar-refractivity contribution in [3.63, 3.8) is 0 Å². The molecule has 0 fully saturated rings. The summed E-state index contributed by atoms with van der Waals surface area (Å²) in [5, 5.41) is 15.1. The number of carbonyl (C=O) groups excluding carboxylic acids is 2. The number of carbonyl (C=O) groups is 3. The summed E-state index contributed by atoms with van der Waals surface area (Å²) in [5.41, 5.74) is 5.66. The summed E-state index contributed by atoms with van der Waals surface area (Å²) in [4.78, 5) is 33.1. The number of hydrogen-bond acceptors (Lipinski definition) is 4. The van der Waals surface area contributed by atoms with E-state index in [0.717, 1.165) is 0 Å². The Kier molecular flexibility index (Phi) is 5.45. The van der Waals surface area contributed by atoms with Gasteiger partial charge in [0, 0.05) is 31.3 Å². The number of amides is 2. The topological polar surface area (TPSA) is 127 Å². The van der Waals surface area contributed by atoms with E-state index < -0.39 is 23.8 Å². The van der Waals surface area contributed by atoms with Crippen LogP contribution in [0.2, 0.25) is 0 Å². The highest BCUT2D eigenvalue weighted by atomic mass is 16.4. The zero-order chi connectivity index (χ0) is 15.1. The first-order valence-electron chi connectivity index (χ1n) is 5.87. The van der Waals surface area contributed by atoms with Gasteiger partial charge in [-0.2, -0.15) is 5.10 Å². The summed E-state index contributed by atoms with van der Waals surface area (Å²) < 4.78 is 1.57. The predicted molar refractivity (Wildman–Crippen MR) is 70.2 cm³/mol. The highest BCUT2D eigenvalue weighted by Gasteiger charge is 2.19. The minimum Gasteiger partial charge on any atom is -0.480 e. The molecule has 1 heterocycles. The molecule has 1 unspecified atom stereocenters. The molecule has 2 amide bonds. The van der Waals surface area contributed by atoms with E-state index in [9.17, 15) is 14.4 Å². The summed E-state index contributed by atoms with van der Waals surface area (Å²) in [7, 11) is 1.74. The van der Waals surface area contributed by atoms with E-state index in [0.29, 0.717) is 5.56 Å². The van der Waals surface area contributed by atoms with Crippen LogP contribution in [0.4, 0.5) is 0 Å². The van der Waals surface area contributed by atoms with Crippen LogP contribution in [0.15, 0.2) is 18.5 Å². The monoisotopic (exact) mass is 280 g/mol. The Hall–Kier alpha value is -2.64. The first-order chi connectivity index (χ1) is 9.38. The second-order valence-electron chi connectivity index (χ2n) is 4.19. The Balaban J connectivity index is 2.55. The summed E-state index contributed by atoms with van der Waals surface area (Å²) in [6.45, 7) is 0. The third-order valence-corrected chi connectivity index (χ3v) is 2.45. The van der Waals surface area contributed by atoms with E-state index in [2.05, 4.69) is 10.4 Å². The number of rotatable bonds is 7. The van der Waals surface area contributed by atoms with Gasteiger partial charge in [-0.05, 0) is 12.5 Å². The first-order valence-corrected chi connectivity index (χ1v) is 5.87. The molecule has 0 aromatic carbocycles. The van der Waals surface area contributed by atoms with Gasteiger partial charge >= 0.3 is 5.97 Å². The molecule has 0 aliphatic rings. The fourth-order valence-electron chi connectivity index (χ4n) is 1.46. The van der Waals surface area contributed by atoms with Gasteiger partial charge in [0.25, 0.3) is 0 Å². The SMILES string of the molecule is Cn1cc(/C=C/C(=O)NC(CCC(N)=O)C(=O)O)cn1. The minimum atomic E-state index is -1.21. The standard InChI is InChI=1S/C12H16N4O4/c1-16-7-8(6-14-16)2-5-11(18)15-9(12(19)20)3-4-10(13)17/h2,5-7,9H,3-4H2,1H3,(H2,13,17)(H,15,18)(H,19,20)/b5-2+. The number of carboxylic acid groups (broad SMARTS) is 1. The van der Waals surface area contributed by atoms with Crippen molar-refractivity contribution >= 4 is 23.9 Å². The predicted octanol–water partition coefficient (Wildman–Crippen LogP) is -0.732. The molecule has 1 rings (SSSR count). The third kappa shape index (κ3) is 5.34. The lowest BCUT2D eigenvalue weighted by Crippen LogP contribution is -2.40.